The SMILES string of the molecule is Br.NC(=O)c1cnccn1. The Balaban J connectivity index is 0.000000810. The van der Waals surface area contributed by atoms with Crippen molar-refractivity contribution in [3.63, 3.8) is 0 Å². The molecule has 5 heteroatoms. The second-order valence-corrected chi connectivity index (χ2v) is 1.45. The number of nitrogens with zero attached hydrogens (tertiary/aromatic N) is 2. The molecule has 10 heavy (non-hydrogen) atoms. The molecule has 1 rings (SSSR count). The first-order valence-corrected chi connectivity index (χ1v) is 2.36. The lowest BCUT2D eigenvalue weighted by Gasteiger charge is -1.87. The lowest BCUT2D eigenvalue weighted by atomic mass is 10.4. The largest absolute Gasteiger partial charge is 0.364 e. The molecule has 4 nitrogen and oxygen atoms in total. The van der Waals surface area contributed by atoms with Crippen LogP contribution in [-0.2, 0) is 0 Å². The minimum Gasteiger partial charge on any atom is -0.364 e. The van der Waals surface area contributed by atoms with E-state index in [1.807, 2.05) is 0 Å². The first kappa shape index (κ1) is 9.03. The highest BCUT2D eigenvalue weighted by Crippen LogP contribution is 1.84. The second kappa shape index (κ2) is 3.94. The Bertz CT molecular complexity index is 213. The Kier molecular flexibility index (Phi) is 3.56. The molecule has 0 unspecified atom stereocenters. The van der Waals surface area contributed by atoms with Crippen LogP contribution in [0, 0.1) is 0 Å². The maximum atomic E-state index is 10.3. The molecule has 0 aromatic carbocycles. The van der Waals surface area contributed by atoms with Crippen LogP contribution >= 0.6 is 17.0 Å². The van der Waals surface area contributed by atoms with Crippen molar-refractivity contribution >= 4 is 22.9 Å². The zero-order valence-corrected chi connectivity index (χ0v) is 6.73. The Hall–Kier alpha value is -0.970. The van der Waals surface area contributed by atoms with Crippen LogP contribution in [0.2, 0.25) is 0 Å². The van der Waals surface area contributed by atoms with Crippen LogP contribution in [-0.4, -0.2) is 15.9 Å². The van der Waals surface area contributed by atoms with Crippen LogP contribution in [0.5, 0.6) is 0 Å². The van der Waals surface area contributed by atoms with Crippen molar-refractivity contribution in [3.8, 4) is 0 Å². The van der Waals surface area contributed by atoms with Crippen molar-refractivity contribution in [2.45, 2.75) is 0 Å². The predicted molar refractivity (Wildman–Crippen MR) is 40.9 cm³/mol. The lowest BCUT2D eigenvalue weighted by molar-refractivity contribution is 0.0995. The summed E-state index contributed by atoms with van der Waals surface area (Å²) in [4.78, 5) is 17.6. The molecule has 0 aliphatic rings. The van der Waals surface area contributed by atoms with Gasteiger partial charge in [-0.1, -0.05) is 0 Å². The van der Waals surface area contributed by atoms with E-state index in [2.05, 4.69) is 9.97 Å². The predicted octanol–water partition coefficient (Wildman–Crippen LogP) is 0.153. The Labute approximate surface area is 68.2 Å². The van der Waals surface area contributed by atoms with E-state index in [-0.39, 0.29) is 22.7 Å². The summed E-state index contributed by atoms with van der Waals surface area (Å²) in [6.07, 6.45) is 4.22. The van der Waals surface area contributed by atoms with Crippen LogP contribution < -0.4 is 5.73 Å². The number of rotatable bonds is 1. The summed E-state index contributed by atoms with van der Waals surface area (Å²) in [5, 5.41) is 0. The standard InChI is InChI=1S/C5H5N3O.BrH/c6-5(9)4-3-7-1-2-8-4;/h1-3H,(H2,6,9);1H. The van der Waals surface area contributed by atoms with Gasteiger partial charge in [-0.2, -0.15) is 0 Å². The zero-order chi connectivity index (χ0) is 6.69. The van der Waals surface area contributed by atoms with Gasteiger partial charge in [0, 0.05) is 12.4 Å². The molecule has 0 spiro atoms. The van der Waals surface area contributed by atoms with Gasteiger partial charge in [-0.25, -0.2) is 4.98 Å². The molecule has 0 atom stereocenters. The summed E-state index contributed by atoms with van der Waals surface area (Å²) in [6.45, 7) is 0. The van der Waals surface area contributed by atoms with E-state index in [0.717, 1.165) is 0 Å². The maximum absolute atomic E-state index is 10.3. The normalized spacial score (nSPS) is 8.00. The monoisotopic (exact) mass is 203 g/mol. The number of carbonyl (C=O) groups excluding carboxylic acids is 1. The molecular weight excluding hydrogens is 198 g/mol. The number of hydrogen-bond donors (Lipinski definition) is 1. The third-order valence-corrected chi connectivity index (χ3v) is 0.816. The molecule has 0 saturated carbocycles. The zero-order valence-electron chi connectivity index (χ0n) is 5.02. The van der Waals surface area contributed by atoms with Gasteiger partial charge in [0.1, 0.15) is 5.69 Å². The van der Waals surface area contributed by atoms with Crippen molar-refractivity contribution in [3.05, 3.63) is 24.3 Å². The van der Waals surface area contributed by atoms with Gasteiger partial charge in [-0.3, -0.25) is 9.78 Å². The van der Waals surface area contributed by atoms with E-state index in [1.54, 1.807) is 0 Å². The third kappa shape index (κ3) is 2.10. The van der Waals surface area contributed by atoms with Crippen molar-refractivity contribution in [1.82, 2.24) is 9.97 Å². The number of halogens is 1. The average molecular weight is 204 g/mol. The van der Waals surface area contributed by atoms with Crippen LogP contribution in [0.4, 0.5) is 0 Å². The summed E-state index contributed by atoms with van der Waals surface area (Å²) in [7, 11) is 0. The fourth-order valence-corrected chi connectivity index (χ4v) is 0.426. The van der Waals surface area contributed by atoms with Gasteiger partial charge in [-0.05, 0) is 0 Å². The first-order chi connectivity index (χ1) is 4.30. The fraction of sp³-hybridized carbons (Fsp3) is 0. The van der Waals surface area contributed by atoms with Gasteiger partial charge in [0.25, 0.3) is 5.91 Å². The number of primary amides is 1. The van der Waals surface area contributed by atoms with Crippen molar-refractivity contribution in [1.29, 1.82) is 0 Å². The highest BCUT2D eigenvalue weighted by atomic mass is 79.9. The average Bonchev–Trinajstić information content (AvgIpc) is 1.90. The quantitative estimate of drug-likeness (QED) is 0.707. The molecule has 1 aromatic heterocycles. The Morgan fingerprint density at radius 3 is 2.50 bits per heavy atom. The van der Waals surface area contributed by atoms with Gasteiger partial charge >= 0.3 is 0 Å². The third-order valence-electron chi connectivity index (χ3n) is 0.816. The van der Waals surface area contributed by atoms with Crippen LogP contribution in [0.1, 0.15) is 10.5 Å². The van der Waals surface area contributed by atoms with Gasteiger partial charge in [-0.15, -0.1) is 17.0 Å². The Morgan fingerprint density at radius 1 is 1.50 bits per heavy atom. The van der Waals surface area contributed by atoms with Gasteiger partial charge in [0.15, 0.2) is 0 Å². The van der Waals surface area contributed by atoms with E-state index in [1.165, 1.54) is 18.6 Å². The summed E-state index contributed by atoms with van der Waals surface area (Å²) in [5.41, 5.74) is 5.06. The number of hydrogen-bond acceptors (Lipinski definition) is 3. The van der Waals surface area contributed by atoms with Gasteiger partial charge < -0.3 is 5.73 Å². The summed E-state index contributed by atoms with van der Waals surface area (Å²) >= 11 is 0. The van der Waals surface area contributed by atoms with Crippen LogP contribution in [0.3, 0.4) is 0 Å². The summed E-state index contributed by atoms with van der Waals surface area (Å²) in [5.74, 6) is -0.553. The van der Waals surface area contributed by atoms with Gasteiger partial charge in [0.2, 0.25) is 0 Å². The Morgan fingerprint density at radius 2 is 2.20 bits per heavy atom. The number of carbonyl (C=O) groups is 1. The molecule has 0 radical (unpaired) electrons. The molecular formula is C5H6BrN3O. The van der Waals surface area contributed by atoms with Crippen molar-refractivity contribution in [2.24, 2.45) is 5.73 Å². The highest BCUT2D eigenvalue weighted by Gasteiger charge is 1.97. The minimum atomic E-state index is -0.553. The van der Waals surface area contributed by atoms with E-state index in [0.29, 0.717) is 0 Å². The summed E-state index contributed by atoms with van der Waals surface area (Å²) < 4.78 is 0. The van der Waals surface area contributed by atoms with E-state index in [9.17, 15) is 4.79 Å². The number of amides is 1. The second-order valence-electron chi connectivity index (χ2n) is 1.45. The molecule has 54 valence electrons. The fourth-order valence-electron chi connectivity index (χ4n) is 0.426. The van der Waals surface area contributed by atoms with Crippen LogP contribution in [0.25, 0.3) is 0 Å². The van der Waals surface area contributed by atoms with E-state index < -0.39 is 5.91 Å². The number of aromatic nitrogens is 2. The van der Waals surface area contributed by atoms with E-state index >= 15 is 0 Å². The molecule has 1 amide bonds. The smallest absolute Gasteiger partial charge is 0.268 e. The lowest BCUT2D eigenvalue weighted by Crippen LogP contribution is -2.12. The molecule has 0 aliphatic carbocycles. The van der Waals surface area contributed by atoms with E-state index in [4.69, 9.17) is 5.73 Å². The molecule has 1 aromatic rings. The van der Waals surface area contributed by atoms with Crippen LogP contribution in [0.15, 0.2) is 18.6 Å². The topological polar surface area (TPSA) is 68.9 Å². The maximum Gasteiger partial charge on any atom is 0.268 e. The van der Waals surface area contributed by atoms with Crippen molar-refractivity contribution < 1.29 is 4.79 Å². The molecule has 0 aliphatic heterocycles. The van der Waals surface area contributed by atoms with Crippen molar-refractivity contribution in [2.75, 3.05) is 0 Å². The molecule has 2 N–H and O–H groups in total. The highest BCUT2D eigenvalue weighted by molar-refractivity contribution is 8.93. The summed E-state index contributed by atoms with van der Waals surface area (Å²) in [6, 6.07) is 0. The first-order valence-electron chi connectivity index (χ1n) is 2.36. The molecule has 0 bridgehead atoms. The minimum absolute atomic E-state index is 0. The molecule has 0 fully saturated rings. The molecule has 1 heterocycles. The molecule has 0 saturated heterocycles. The number of nitrogens with two attached hydrogens (primary N) is 1. The van der Waals surface area contributed by atoms with Gasteiger partial charge in [0.05, 0.1) is 6.20 Å².